The Balaban J connectivity index is 2.28. The maximum Gasteiger partial charge on any atom is 0.352 e. The average molecular weight is 259 g/mol. The number of aromatic nitrogens is 3. The molecule has 0 fully saturated rings. The van der Waals surface area contributed by atoms with E-state index in [2.05, 4.69) is 0 Å². The van der Waals surface area contributed by atoms with Crippen LogP contribution in [0.5, 0.6) is 0 Å². The fourth-order valence-electron chi connectivity index (χ4n) is 2.32. The summed E-state index contributed by atoms with van der Waals surface area (Å²) in [5.74, 6) is 0. The summed E-state index contributed by atoms with van der Waals surface area (Å²) in [6.07, 6.45) is 3.51. The first-order valence-corrected chi connectivity index (χ1v) is 6.01. The first kappa shape index (κ1) is 11.7. The van der Waals surface area contributed by atoms with Crippen molar-refractivity contribution in [1.82, 2.24) is 13.9 Å². The van der Waals surface area contributed by atoms with Gasteiger partial charge in [-0.15, -0.1) is 0 Å². The summed E-state index contributed by atoms with van der Waals surface area (Å²) in [7, 11) is 0. The molecule has 6 nitrogen and oxygen atoms in total. The van der Waals surface area contributed by atoms with Crippen LogP contribution < -0.4 is 11.4 Å². The van der Waals surface area contributed by atoms with E-state index in [-0.39, 0.29) is 12.3 Å². The zero-order valence-electron chi connectivity index (χ0n) is 10.1. The van der Waals surface area contributed by atoms with Gasteiger partial charge in [-0.1, -0.05) is 30.4 Å². The van der Waals surface area contributed by atoms with Crippen LogP contribution >= 0.6 is 0 Å². The van der Waals surface area contributed by atoms with Gasteiger partial charge in [0.25, 0.3) is 0 Å². The molecule has 98 valence electrons. The summed E-state index contributed by atoms with van der Waals surface area (Å²) >= 11 is 0. The first-order valence-electron chi connectivity index (χ1n) is 6.01. The van der Waals surface area contributed by atoms with Gasteiger partial charge in [0, 0.05) is 0 Å². The average Bonchev–Trinajstić information content (AvgIpc) is 2.72. The standard InChI is InChI=1S/C13H13N3O3/c17-9-11-7-4-8-14-12(18)15(13(19)16(11)14)10-5-2-1-3-6-10/h1-7,11,17H,8-9H2/t11-/m0/s1. The van der Waals surface area contributed by atoms with Gasteiger partial charge in [-0.25, -0.2) is 23.5 Å². The van der Waals surface area contributed by atoms with Crippen molar-refractivity contribution in [3.8, 4) is 5.69 Å². The molecule has 6 heteroatoms. The minimum absolute atomic E-state index is 0.214. The summed E-state index contributed by atoms with van der Waals surface area (Å²) in [6, 6.07) is 8.28. The molecule has 1 atom stereocenters. The molecule has 1 aromatic heterocycles. The molecular weight excluding hydrogens is 246 g/mol. The van der Waals surface area contributed by atoms with Gasteiger partial charge in [0.05, 0.1) is 24.9 Å². The Morgan fingerprint density at radius 1 is 1.16 bits per heavy atom. The summed E-state index contributed by atoms with van der Waals surface area (Å²) in [5.41, 5.74) is -0.290. The van der Waals surface area contributed by atoms with Crippen LogP contribution in [0.1, 0.15) is 6.04 Å². The highest BCUT2D eigenvalue weighted by molar-refractivity contribution is 5.30. The molecule has 19 heavy (non-hydrogen) atoms. The third kappa shape index (κ3) is 1.68. The fourth-order valence-corrected chi connectivity index (χ4v) is 2.32. The first-order chi connectivity index (χ1) is 9.24. The Labute approximate surface area is 108 Å². The van der Waals surface area contributed by atoms with Gasteiger partial charge in [-0.2, -0.15) is 0 Å². The molecule has 0 amide bonds. The van der Waals surface area contributed by atoms with Crippen LogP contribution in [0.2, 0.25) is 0 Å². The maximum atomic E-state index is 12.4. The van der Waals surface area contributed by atoms with Gasteiger partial charge in [0.2, 0.25) is 0 Å². The number of hydrogen-bond acceptors (Lipinski definition) is 3. The highest BCUT2D eigenvalue weighted by atomic mass is 16.3. The molecule has 2 aromatic rings. The number of para-hydroxylation sites is 1. The van der Waals surface area contributed by atoms with E-state index in [1.807, 2.05) is 6.07 Å². The molecule has 0 saturated heterocycles. The minimum atomic E-state index is -0.487. The van der Waals surface area contributed by atoms with E-state index in [1.54, 1.807) is 36.4 Å². The van der Waals surface area contributed by atoms with E-state index in [9.17, 15) is 14.7 Å². The predicted molar refractivity (Wildman–Crippen MR) is 69.6 cm³/mol. The van der Waals surface area contributed by atoms with Crippen LogP contribution in [0.3, 0.4) is 0 Å². The molecule has 1 aliphatic rings. The third-order valence-corrected chi connectivity index (χ3v) is 3.21. The molecular formula is C13H13N3O3. The highest BCUT2D eigenvalue weighted by Crippen LogP contribution is 2.10. The van der Waals surface area contributed by atoms with Crippen molar-refractivity contribution in [2.24, 2.45) is 0 Å². The molecule has 0 spiro atoms. The SMILES string of the molecule is O=c1n(-c2ccccc2)c(=O)n2n1CC=C[C@H]2CO. The highest BCUT2D eigenvalue weighted by Gasteiger charge is 2.23. The van der Waals surface area contributed by atoms with Gasteiger partial charge in [0.1, 0.15) is 0 Å². The predicted octanol–water partition coefficient (Wildman–Crippen LogP) is -0.0961. The van der Waals surface area contributed by atoms with Crippen molar-refractivity contribution in [3.05, 3.63) is 63.5 Å². The number of fused-ring (bicyclic) bond motifs is 1. The largest absolute Gasteiger partial charge is 0.394 e. The Morgan fingerprint density at radius 3 is 2.58 bits per heavy atom. The van der Waals surface area contributed by atoms with Crippen molar-refractivity contribution in [3.63, 3.8) is 0 Å². The molecule has 0 saturated carbocycles. The van der Waals surface area contributed by atoms with Gasteiger partial charge in [-0.3, -0.25) is 0 Å². The normalized spacial score (nSPS) is 17.4. The number of benzene rings is 1. The summed E-state index contributed by atoms with van der Waals surface area (Å²) in [6.45, 7) is 0.124. The minimum Gasteiger partial charge on any atom is -0.394 e. The summed E-state index contributed by atoms with van der Waals surface area (Å²) in [4.78, 5) is 24.7. The van der Waals surface area contributed by atoms with Crippen LogP contribution in [0.25, 0.3) is 5.69 Å². The monoisotopic (exact) mass is 259 g/mol. The Hall–Kier alpha value is -2.34. The fraction of sp³-hybridized carbons (Fsp3) is 0.231. The number of nitrogens with zero attached hydrogens (tertiary/aromatic N) is 3. The zero-order chi connectivity index (χ0) is 13.4. The molecule has 0 bridgehead atoms. The second kappa shape index (κ2) is 4.40. The van der Waals surface area contributed by atoms with Crippen LogP contribution in [0.4, 0.5) is 0 Å². The number of aliphatic hydroxyl groups is 1. The summed E-state index contributed by atoms with van der Waals surface area (Å²) in [5, 5.41) is 9.30. The number of hydrogen-bond donors (Lipinski definition) is 1. The lowest BCUT2D eigenvalue weighted by Crippen LogP contribution is -2.33. The molecule has 0 aliphatic carbocycles. The van der Waals surface area contributed by atoms with Crippen LogP contribution in [0, 0.1) is 0 Å². The van der Waals surface area contributed by atoms with E-state index >= 15 is 0 Å². The van der Waals surface area contributed by atoms with Crippen LogP contribution in [0.15, 0.2) is 52.1 Å². The topological polar surface area (TPSA) is 69.2 Å². The smallest absolute Gasteiger partial charge is 0.352 e. The molecule has 1 N–H and O–H groups in total. The second-order valence-electron chi connectivity index (χ2n) is 4.34. The van der Waals surface area contributed by atoms with Crippen LogP contribution in [-0.4, -0.2) is 25.6 Å². The van der Waals surface area contributed by atoms with Gasteiger partial charge in [0.15, 0.2) is 0 Å². The maximum absolute atomic E-state index is 12.4. The summed E-state index contributed by atoms with van der Waals surface area (Å²) < 4.78 is 3.77. The number of aliphatic hydroxyl groups excluding tert-OH is 1. The van der Waals surface area contributed by atoms with Crippen molar-refractivity contribution in [1.29, 1.82) is 0 Å². The van der Waals surface area contributed by atoms with E-state index in [4.69, 9.17) is 0 Å². The lowest BCUT2D eigenvalue weighted by molar-refractivity contribution is 0.223. The van der Waals surface area contributed by atoms with Gasteiger partial charge >= 0.3 is 11.4 Å². The van der Waals surface area contributed by atoms with E-state index in [0.29, 0.717) is 12.2 Å². The van der Waals surface area contributed by atoms with E-state index < -0.39 is 11.7 Å². The van der Waals surface area contributed by atoms with Crippen molar-refractivity contribution in [2.45, 2.75) is 12.6 Å². The van der Waals surface area contributed by atoms with Crippen molar-refractivity contribution < 1.29 is 5.11 Å². The lowest BCUT2D eigenvalue weighted by atomic mass is 10.2. The molecule has 0 unspecified atom stereocenters. The van der Waals surface area contributed by atoms with E-state index in [0.717, 1.165) is 4.57 Å². The number of allylic oxidation sites excluding steroid dienone is 1. The lowest BCUT2D eigenvalue weighted by Gasteiger charge is -2.18. The van der Waals surface area contributed by atoms with Crippen LogP contribution in [-0.2, 0) is 6.54 Å². The van der Waals surface area contributed by atoms with Gasteiger partial charge in [-0.05, 0) is 12.1 Å². The Bertz CT molecular complexity index is 737. The molecule has 2 heterocycles. The Kier molecular flexibility index (Phi) is 2.72. The molecule has 1 aliphatic heterocycles. The zero-order valence-corrected chi connectivity index (χ0v) is 10.1. The number of rotatable bonds is 2. The van der Waals surface area contributed by atoms with Crippen molar-refractivity contribution >= 4 is 0 Å². The quantitative estimate of drug-likeness (QED) is 0.766. The molecule has 1 aromatic carbocycles. The second-order valence-corrected chi connectivity index (χ2v) is 4.34. The Morgan fingerprint density at radius 2 is 1.89 bits per heavy atom. The van der Waals surface area contributed by atoms with Crippen molar-refractivity contribution in [2.75, 3.05) is 6.61 Å². The molecule has 3 rings (SSSR count). The van der Waals surface area contributed by atoms with E-state index in [1.165, 1.54) is 9.36 Å². The third-order valence-electron chi connectivity index (χ3n) is 3.21. The van der Waals surface area contributed by atoms with Gasteiger partial charge < -0.3 is 5.11 Å². The molecule has 0 radical (unpaired) electrons.